The Labute approximate surface area is 137 Å². The molecule has 2 rings (SSSR count). The maximum absolute atomic E-state index is 10.8. The number of halogens is 1. The van der Waals surface area contributed by atoms with E-state index in [2.05, 4.69) is 9.22 Å². The third kappa shape index (κ3) is 5.42. The highest BCUT2D eigenvalue weighted by Crippen LogP contribution is 2.30. The molecule has 0 amide bonds. The summed E-state index contributed by atoms with van der Waals surface area (Å²) in [6.45, 7) is 0. The minimum absolute atomic E-state index is 0.0541. The molecule has 0 bridgehead atoms. The van der Waals surface area contributed by atoms with Crippen LogP contribution in [0.1, 0.15) is 5.56 Å². The third-order valence-corrected chi connectivity index (χ3v) is 4.18. The molecule has 2 aromatic carbocycles. The Morgan fingerprint density at radius 2 is 1.86 bits per heavy atom. The van der Waals surface area contributed by atoms with Gasteiger partial charge in [-0.2, -0.15) is 8.42 Å². The quantitative estimate of drug-likeness (QED) is 0.482. The Morgan fingerprint density at radius 1 is 1.18 bits per heavy atom. The van der Waals surface area contributed by atoms with Crippen molar-refractivity contribution in [2.24, 2.45) is 0 Å². The Kier molecular flexibility index (Phi) is 5.57. The Hall–Kier alpha value is -1.41. The van der Waals surface area contributed by atoms with Crippen molar-refractivity contribution in [1.82, 2.24) is 0 Å². The lowest BCUT2D eigenvalue weighted by Gasteiger charge is -2.05. The lowest BCUT2D eigenvalue weighted by molar-refractivity contribution is -0.0916. The van der Waals surface area contributed by atoms with Crippen molar-refractivity contribution in [3.8, 4) is 11.5 Å². The summed E-state index contributed by atoms with van der Waals surface area (Å²) in [6.07, 6.45) is 0.904. The first-order valence-corrected chi connectivity index (χ1v) is 9.28. The number of hydrogen-bond donors (Lipinski definition) is 1. The zero-order chi connectivity index (χ0) is 16.2. The highest BCUT2D eigenvalue weighted by Gasteiger charge is 2.05. The first-order chi connectivity index (χ1) is 10.3. The second-order valence-corrected chi connectivity index (χ2v) is 7.40. The van der Waals surface area contributed by atoms with Crippen molar-refractivity contribution >= 4 is 33.5 Å². The summed E-state index contributed by atoms with van der Waals surface area (Å²) in [7, 11) is -3.65. The molecule has 0 fully saturated rings. The molecule has 0 aliphatic rings. The number of rotatable bonds is 6. The lowest BCUT2D eigenvalue weighted by Crippen LogP contribution is -2.06. The van der Waals surface area contributed by atoms with E-state index in [1.54, 1.807) is 54.2 Å². The van der Waals surface area contributed by atoms with E-state index in [0.717, 1.165) is 16.7 Å². The van der Waals surface area contributed by atoms with E-state index in [4.69, 9.17) is 11.6 Å². The summed E-state index contributed by atoms with van der Waals surface area (Å²) in [5.41, 5.74) is 1.01. The van der Waals surface area contributed by atoms with Crippen LogP contribution in [-0.2, 0) is 20.2 Å². The Morgan fingerprint density at radius 3 is 2.45 bits per heavy atom. The summed E-state index contributed by atoms with van der Waals surface area (Å²) in [5, 5.41) is 9.67. The van der Waals surface area contributed by atoms with E-state index < -0.39 is 10.1 Å². The molecule has 0 aromatic heterocycles. The van der Waals surface area contributed by atoms with Crippen LogP contribution in [0.2, 0.25) is 5.02 Å². The molecule has 0 spiro atoms. The van der Waals surface area contributed by atoms with Crippen LogP contribution in [-0.4, -0.2) is 19.8 Å². The fourth-order valence-corrected chi connectivity index (χ4v) is 2.83. The van der Waals surface area contributed by atoms with Gasteiger partial charge in [0.25, 0.3) is 10.1 Å². The van der Waals surface area contributed by atoms with Gasteiger partial charge in [0, 0.05) is 10.6 Å². The molecule has 0 saturated heterocycles. The summed E-state index contributed by atoms with van der Waals surface area (Å²) in [5.74, 6) is 1.04. The van der Waals surface area contributed by atoms with Gasteiger partial charge in [-0.25, -0.2) is 0 Å². The van der Waals surface area contributed by atoms with Gasteiger partial charge in [0.15, 0.2) is 5.75 Å². The number of thioether (sulfide) groups is 1. The number of phenols is 1. The first-order valence-electron chi connectivity index (χ1n) is 6.10. The van der Waals surface area contributed by atoms with Gasteiger partial charge >= 0.3 is 0 Å². The third-order valence-electron chi connectivity index (χ3n) is 2.50. The highest BCUT2D eigenvalue weighted by molar-refractivity contribution is 7.98. The van der Waals surface area contributed by atoms with Crippen molar-refractivity contribution in [3.05, 3.63) is 53.1 Å². The van der Waals surface area contributed by atoms with Crippen LogP contribution in [0.25, 0.3) is 0 Å². The molecular weight excluding hydrogens is 348 g/mol. The van der Waals surface area contributed by atoms with Crippen LogP contribution in [0.5, 0.6) is 11.5 Å². The fraction of sp³-hybridized carbons (Fsp3) is 0.143. The number of aromatic hydroxyl groups is 1. The molecule has 1 N–H and O–H groups in total. The maximum Gasteiger partial charge on any atom is 0.300 e. The van der Waals surface area contributed by atoms with Gasteiger partial charge in [-0.1, -0.05) is 28.1 Å². The number of phenolic OH excluding ortho intramolecular Hbond substituents is 1. The predicted octanol–water partition coefficient (Wildman–Crippen LogP) is 3.61. The molecule has 118 valence electrons. The second kappa shape index (κ2) is 7.23. The minimum atomic E-state index is -3.65. The van der Waals surface area contributed by atoms with Gasteiger partial charge in [0.1, 0.15) is 5.75 Å². The summed E-state index contributed by atoms with van der Waals surface area (Å²) in [4.78, 5) is 5.61. The van der Waals surface area contributed by atoms with Gasteiger partial charge in [-0.05, 0) is 35.9 Å². The first kappa shape index (κ1) is 17.0. The molecule has 2 aromatic rings. The maximum atomic E-state index is 10.8. The van der Waals surface area contributed by atoms with Gasteiger partial charge in [0.2, 0.25) is 0 Å². The predicted molar refractivity (Wildman–Crippen MR) is 85.7 cm³/mol. The summed E-state index contributed by atoms with van der Waals surface area (Å²) < 4.78 is 25.8. The smallest absolute Gasteiger partial charge is 0.300 e. The van der Waals surface area contributed by atoms with E-state index in [0.29, 0.717) is 16.5 Å². The van der Waals surface area contributed by atoms with Gasteiger partial charge < -0.3 is 9.99 Å². The van der Waals surface area contributed by atoms with Gasteiger partial charge in [-0.3, -0.25) is 0 Å². The standard InChI is InChI=1S/C14H13ClO5S2/c1-22(17,18)20-19-11-4-2-10(3-5-11)9-21-12-6-7-14(16)13(15)8-12/h2-8,16H,9H2,1H3. The normalized spacial score (nSPS) is 11.4. The van der Waals surface area contributed by atoms with Crippen LogP contribution >= 0.6 is 23.4 Å². The zero-order valence-electron chi connectivity index (χ0n) is 11.5. The topological polar surface area (TPSA) is 72.8 Å². The van der Waals surface area contributed by atoms with Crippen molar-refractivity contribution < 1.29 is 22.7 Å². The fourth-order valence-electron chi connectivity index (χ4n) is 1.49. The van der Waals surface area contributed by atoms with E-state index in [1.807, 2.05) is 0 Å². The Balaban J connectivity index is 1.92. The molecule has 0 heterocycles. The molecule has 22 heavy (non-hydrogen) atoms. The van der Waals surface area contributed by atoms with Gasteiger partial charge in [0.05, 0.1) is 11.3 Å². The molecule has 0 atom stereocenters. The number of hydrogen-bond acceptors (Lipinski definition) is 6. The summed E-state index contributed by atoms with van der Waals surface area (Å²) >= 11 is 7.40. The molecule has 8 heteroatoms. The van der Waals surface area contributed by atoms with Crippen molar-refractivity contribution in [2.75, 3.05) is 6.26 Å². The lowest BCUT2D eigenvalue weighted by atomic mass is 10.2. The highest BCUT2D eigenvalue weighted by atomic mass is 35.5. The second-order valence-electron chi connectivity index (χ2n) is 4.40. The zero-order valence-corrected chi connectivity index (χ0v) is 13.9. The van der Waals surface area contributed by atoms with Crippen molar-refractivity contribution in [1.29, 1.82) is 0 Å². The molecule has 5 nitrogen and oxygen atoms in total. The molecular formula is C14H13ClO5S2. The van der Waals surface area contributed by atoms with Gasteiger partial charge in [-0.15, -0.1) is 11.8 Å². The molecule has 0 aliphatic carbocycles. The van der Waals surface area contributed by atoms with E-state index in [-0.39, 0.29) is 5.75 Å². The van der Waals surface area contributed by atoms with Crippen molar-refractivity contribution in [3.63, 3.8) is 0 Å². The molecule has 0 unspecified atom stereocenters. The molecule has 0 radical (unpaired) electrons. The SMILES string of the molecule is CS(=O)(=O)OOc1ccc(CSc2ccc(O)c(Cl)c2)cc1. The van der Waals surface area contributed by atoms with Crippen LogP contribution in [0.3, 0.4) is 0 Å². The monoisotopic (exact) mass is 360 g/mol. The van der Waals surface area contributed by atoms with Crippen molar-refractivity contribution in [2.45, 2.75) is 10.6 Å². The number of benzene rings is 2. The average Bonchev–Trinajstić information content (AvgIpc) is 2.47. The van der Waals surface area contributed by atoms with E-state index >= 15 is 0 Å². The molecule has 0 saturated carbocycles. The van der Waals surface area contributed by atoms with Crippen LogP contribution in [0.15, 0.2) is 47.4 Å². The minimum Gasteiger partial charge on any atom is -0.506 e. The largest absolute Gasteiger partial charge is 0.506 e. The van der Waals surface area contributed by atoms with Crippen LogP contribution in [0, 0.1) is 0 Å². The van der Waals surface area contributed by atoms with E-state index in [9.17, 15) is 13.5 Å². The summed E-state index contributed by atoms with van der Waals surface area (Å²) in [6, 6.07) is 11.9. The van der Waals surface area contributed by atoms with Crippen LogP contribution < -0.4 is 4.89 Å². The van der Waals surface area contributed by atoms with Crippen LogP contribution in [0.4, 0.5) is 0 Å². The average molecular weight is 361 g/mol. The molecule has 0 aliphatic heterocycles. The Bertz CT molecular complexity index is 744. The van der Waals surface area contributed by atoms with E-state index in [1.165, 1.54) is 0 Å².